The Labute approximate surface area is 154 Å². The molecule has 1 saturated carbocycles. The Balaban J connectivity index is 1.96. The summed E-state index contributed by atoms with van der Waals surface area (Å²) in [7, 11) is 0. The van der Waals surface area contributed by atoms with Gasteiger partial charge in [0.2, 0.25) is 0 Å². The molecule has 1 saturated heterocycles. The lowest BCUT2D eigenvalue weighted by molar-refractivity contribution is -0.222. The molecule has 26 heavy (non-hydrogen) atoms. The molecule has 0 aromatic carbocycles. The van der Waals surface area contributed by atoms with Gasteiger partial charge in [0.05, 0.1) is 0 Å². The van der Waals surface area contributed by atoms with Gasteiger partial charge in [0.25, 0.3) is 5.79 Å². The minimum atomic E-state index is -1.23. The van der Waals surface area contributed by atoms with Crippen LogP contribution in [0.25, 0.3) is 0 Å². The molecule has 1 amide bonds. The fourth-order valence-corrected chi connectivity index (χ4v) is 3.32. The van der Waals surface area contributed by atoms with Crippen LogP contribution in [0.5, 0.6) is 0 Å². The zero-order valence-electron chi connectivity index (χ0n) is 16.4. The van der Waals surface area contributed by atoms with Crippen molar-refractivity contribution in [2.45, 2.75) is 84.7 Å². The normalized spacial score (nSPS) is 25.8. The lowest BCUT2D eigenvalue weighted by Gasteiger charge is -2.34. The van der Waals surface area contributed by atoms with Crippen LogP contribution in [0, 0.1) is 5.92 Å². The molecule has 2 aliphatic rings. The largest absolute Gasteiger partial charge is 0.444 e. The third-order valence-corrected chi connectivity index (χ3v) is 4.54. The second-order valence-corrected chi connectivity index (χ2v) is 8.43. The maximum Gasteiger partial charge on any atom is 0.407 e. The zero-order chi connectivity index (χ0) is 19.7. The van der Waals surface area contributed by atoms with Crippen molar-refractivity contribution in [3.05, 3.63) is 11.1 Å². The van der Waals surface area contributed by atoms with Crippen LogP contribution in [0.15, 0.2) is 11.1 Å². The number of ether oxygens (including phenoxy) is 3. The third kappa shape index (κ3) is 5.22. The molecule has 0 unspecified atom stereocenters. The molecule has 0 spiro atoms. The van der Waals surface area contributed by atoms with Crippen LogP contribution in [0.4, 0.5) is 4.79 Å². The molecular formula is C19H29NO6. The van der Waals surface area contributed by atoms with Gasteiger partial charge in [-0.1, -0.05) is 0 Å². The van der Waals surface area contributed by atoms with Gasteiger partial charge in [0.1, 0.15) is 11.2 Å². The summed E-state index contributed by atoms with van der Waals surface area (Å²) in [5, 5.41) is 2.88. The first-order chi connectivity index (χ1) is 11.9. The van der Waals surface area contributed by atoms with Crippen molar-refractivity contribution in [2.24, 2.45) is 5.92 Å². The van der Waals surface area contributed by atoms with Gasteiger partial charge in [0, 0.05) is 19.9 Å². The number of hydrogen-bond donors (Lipinski definition) is 1. The summed E-state index contributed by atoms with van der Waals surface area (Å²) >= 11 is 0. The van der Waals surface area contributed by atoms with Gasteiger partial charge < -0.3 is 19.5 Å². The summed E-state index contributed by atoms with van der Waals surface area (Å²) in [6, 6.07) is 0.0306. The molecule has 2 rings (SSSR count). The molecule has 0 atom stereocenters. The number of alkyl carbamates (subject to hydrolysis) is 1. The molecule has 0 bridgehead atoms. The molecule has 2 fully saturated rings. The first-order valence-electron chi connectivity index (χ1n) is 9.05. The number of rotatable bonds is 2. The van der Waals surface area contributed by atoms with E-state index in [0.29, 0.717) is 5.57 Å². The molecule has 1 aliphatic heterocycles. The Bertz CT molecular complexity index is 598. The van der Waals surface area contributed by atoms with E-state index in [2.05, 4.69) is 5.32 Å². The minimum absolute atomic E-state index is 0.00729. The molecule has 7 nitrogen and oxygen atoms in total. The minimum Gasteiger partial charge on any atom is -0.444 e. The molecule has 1 aliphatic carbocycles. The van der Waals surface area contributed by atoms with E-state index in [1.54, 1.807) is 6.92 Å². The third-order valence-electron chi connectivity index (χ3n) is 4.54. The SMILES string of the molecule is CC(=C1C(=O)OC(C)(C)OC1=O)[C@H]1CC[C@H](NC(=O)OC(C)(C)C)CC1. The van der Waals surface area contributed by atoms with Gasteiger partial charge in [-0.2, -0.15) is 0 Å². The molecular weight excluding hydrogens is 338 g/mol. The topological polar surface area (TPSA) is 90.9 Å². The number of carbonyl (C=O) groups is 3. The summed E-state index contributed by atoms with van der Waals surface area (Å²) in [4.78, 5) is 36.3. The molecule has 0 radical (unpaired) electrons. The fourth-order valence-electron chi connectivity index (χ4n) is 3.32. The van der Waals surface area contributed by atoms with E-state index in [0.717, 1.165) is 25.7 Å². The second-order valence-electron chi connectivity index (χ2n) is 8.43. The Morgan fingerprint density at radius 1 is 1.08 bits per heavy atom. The lowest BCUT2D eigenvalue weighted by atomic mass is 9.80. The Morgan fingerprint density at radius 2 is 1.58 bits per heavy atom. The van der Waals surface area contributed by atoms with E-state index in [9.17, 15) is 14.4 Å². The molecule has 0 aromatic rings. The van der Waals surface area contributed by atoms with E-state index in [4.69, 9.17) is 14.2 Å². The molecule has 146 valence electrons. The molecule has 0 aromatic heterocycles. The van der Waals surface area contributed by atoms with Crippen molar-refractivity contribution in [3.63, 3.8) is 0 Å². The first kappa shape index (κ1) is 20.3. The highest BCUT2D eigenvalue weighted by Crippen LogP contribution is 2.34. The summed E-state index contributed by atoms with van der Waals surface area (Å²) in [6.07, 6.45) is 2.62. The average molecular weight is 367 g/mol. The average Bonchev–Trinajstić information content (AvgIpc) is 2.43. The maximum absolute atomic E-state index is 12.2. The van der Waals surface area contributed by atoms with Crippen molar-refractivity contribution in [1.82, 2.24) is 5.32 Å². The van der Waals surface area contributed by atoms with Gasteiger partial charge in [-0.25, -0.2) is 14.4 Å². The number of cyclic esters (lactones) is 2. The van der Waals surface area contributed by atoms with Crippen LogP contribution in [-0.4, -0.2) is 35.5 Å². The van der Waals surface area contributed by atoms with Gasteiger partial charge in [-0.05, 0) is 64.9 Å². The van der Waals surface area contributed by atoms with E-state index in [-0.39, 0.29) is 17.5 Å². The summed E-state index contributed by atoms with van der Waals surface area (Å²) < 4.78 is 15.6. The quantitative estimate of drug-likeness (QED) is 0.458. The Hall–Kier alpha value is -2.05. The number of allylic oxidation sites excluding steroid dienone is 1. The van der Waals surface area contributed by atoms with Crippen LogP contribution in [-0.2, 0) is 23.8 Å². The summed E-state index contributed by atoms with van der Waals surface area (Å²) in [6.45, 7) is 10.3. The van der Waals surface area contributed by atoms with Gasteiger partial charge in [0.15, 0.2) is 0 Å². The Kier molecular flexibility index (Phi) is 5.68. The van der Waals surface area contributed by atoms with Crippen LogP contribution in [0.2, 0.25) is 0 Å². The van der Waals surface area contributed by atoms with Crippen LogP contribution in [0.3, 0.4) is 0 Å². The highest BCUT2D eigenvalue weighted by Gasteiger charge is 2.41. The highest BCUT2D eigenvalue weighted by molar-refractivity contribution is 6.16. The van der Waals surface area contributed by atoms with E-state index >= 15 is 0 Å². The standard InChI is InChI=1S/C19H29NO6/c1-11(14-15(21)24-19(5,6)25-16(14)22)12-7-9-13(10-8-12)20-17(23)26-18(2,3)4/h12-13H,7-10H2,1-6H3,(H,20,23)/t12-,13-. The molecule has 1 N–H and O–H groups in total. The predicted octanol–water partition coefficient (Wildman–Crippen LogP) is 3.22. The van der Waals surface area contributed by atoms with Crippen molar-refractivity contribution < 1.29 is 28.6 Å². The predicted molar refractivity (Wildman–Crippen MR) is 94.1 cm³/mol. The smallest absolute Gasteiger partial charge is 0.407 e. The van der Waals surface area contributed by atoms with Crippen LogP contribution in [0.1, 0.15) is 67.2 Å². The monoisotopic (exact) mass is 367 g/mol. The van der Waals surface area contributed by atoms with Crippen molar-refractivity contribution in [1.29, 1.82) is 0 Å². The lowest BCUT2D eigenvalue weighted by Crippen LogP contribution is -2.43. The summed E-state index contributed by atoms with van der Waals surface area (Å²) in [5.74, 6) is -2.40. The molecule has 7 heteroatoms. The zero-order valence-corrected chi connectivity index (χ0v) is 16.4. The van der Waals surface area contributed by atoms with E-state index in [1.165, 1.54) is 13.8 Å². The number of carbonyl (C=O) groups excluding carboxylic acids is 3. The van der Waals surface area contributed by atoms with Gasteiger partial charge in [-0.3, -0.25) is 0 Å². The number of esters is 2. The van der Waals surface area contributed by atoms with Crippen molar-refractivity contribution in [2.75, 3.05) is 0 Å². The second kappa shape index (κ2) is 7.29. The summed E-state index contributed by atoms with van der Waals surface area (Å²) in [5.41, 5.74) is 0.178. The fraction of sp³-hybridized carbons (Fsp3) is 0.737. The van der Waals surface area contributed by atoms with Gasteiger partial charge >= 0.3 is 18.0 Å². The number of amides is 1. The number of nitrogens with one attached hydrogen (secondary N) is 1. The van der Waals surface area contributed by atoms with E-state index in [1.807, 2.05) is 20.8 Å². The van der Waals surface area contributed by atoms with Crippen LogP contribution >= 0.6 is 0 Å². The van der Waals surface area contributed by atoms with Crippen LogP contribution < -0.4 is 5.32 Å². The first-order valence-corrected chi connectivity index (χ1v) is 9.05. The highest BCUT2D eigenvalue weighted by atomic mass is 16.7. The maximum atomic E-state index is 12.2. The Morgan fingerprint density at radius 3 is 2.04 bits per heavy atom. The van der Waals surface area contributed by atoms with Crippen molar-refractivity contribution in [3.8, 4) is 0 Å². The van der Waals surface area contributed by atoms with Gasteiger partial charge in [-0.15, -0.1) is 0 Å². The molecule has 1 heterocycles. The van der Waals surface area contributed by atoms with Crippen molar-refractivity contribution >= 4 is 18.0 Å². The van der Waals surface area contributed by atoms with E-state index < -0.39 is 29.4 Å². The number of hydrogen-bond acceptors (Lipinski definition) is 6.